The number of fused-ring (bicyclic) bond motifs is 1. The van der Waals surface area contributed by atoms with E-state index in [0.717, 1.165) is 5.56 Å². The van der Waals surface area contributed by atoms with Crippen molar-refractivity contribution in [2.45, 2.75) is 20.4 Å². The Morgan fingerprint density at radius 2 is 1.89 bits per heavy atom. The quantitative estimate of drug-likeness (QED) is 0.655. The molecule has 3 aromatic rings. The zero-order valence-corrected chi connectivity index (χ0v) is 17.0. The molecule has 2 aromatic carbocycles. The van der Waals surface area contributed by atoms with E-state index < -0.39 is 0 Å². The van der Waals surface area contributed by atoms with Gasteiger partial charge in [-0.05, 0) is 55.8 Å². The molecule has 6 nitrogen and oxygen atoms in total. The maximum absolute atomic E-state index is 12.6. The number of nitrogens with one attached hydrogen (secondary N) is 1. The zero-order chi connectivity index (χ0) is 20.3. The number of rotatable bonds is 6. The van der Waals surface area contributed by atoms with E-state index in [1.165, 1.54) is 0 Å². The molecule has 1 aromatic heterocycles. The highest BCUT2D eigenvalue weighted by molar-refractivity contribution is 6.31. The molecule has 0 radical (unpaired) electrons. The first kappa shape index (κ1) is 20.2. The second-order valence-electron chi connectivity index (χ2n) is 6.28. The predicted octanol–water partition coefficient (Wildman–Crippen LogP) is 3.97. The van der Waals surface area contributed by atoms with Crippen LogP contribution in [0.25, 0.3) is 10.9 Å². The Morgan fingerprint density at radius 1 is 1.18 bits per heavy atom. The highest BCUT2D eigenvalue weighted by Gasteiger charge is 2.16. The zero-order valence-electron chi connectivity index (χ0n) is 15.5. The van der Waals surface area contributed by atoms with Crippen LogP contribution >= 0.6 is 23.2 Å². The lowest BCUT2D eigenvalue weighted by atomic mass is 10.2. The van der Waals surface area contributed by atoms with E-state index in [-0.39, 0.29) is 24.6 Å². The molecule has 8 heteroatoms. The Morgan fingerprint density at radius 3 is 2.61 bits per heavy atom. The number of hydrogen-bond acceptors (Lipinski definition) is 4. The van der Waals surface area contributed by atoms with Crippen molar-refractivity contribution in [1.29, 1.82) is 0 Å². The van der Waals surface area contributed by atoms with Crippen molar-refractivity contribution in [3.8, 4) is 5.75 Å². The van der Waals surface area contributed by atoms with Crippen LogP contribution in [0, 0.1) is 6.92 Å². The topological polar surface area (TPSA) is 75.3 Å². The van der Waals surface area contributed by atoms with Gasteiger partial charge in [-0.3, -0.25) is 9.59 Å². The van der Waals surface area contributed by atoms with E-state index in [1.54, 1.807) is 41.3 Å². The van der Waals surface area contributed by atoms with Crippen molar-refractivity contribution in [2.75, 3.05) is 13.2 Å². The Labute approximate surface area is 172 Å². The van der Waals surface area contributed by atoms with Crippen LogP contribution in [0.15, 0.2) is 41.2 Å². The van der Waals surface area contributed by atoms with Crippen molar-refractivity contribution < 1.29 is 9.53 Å². The van der Waals surface area contributed by atoms with Gasteiger partial charge >= 0.3 is 0 Å². The summed E-state index contributed by atoms with van der Waals surface area (Å²) < 4.78 is 5.62. The second kappa shape index (κ2) is 8.63. The van der Waals surface area contributed by atoms with Crippen LogP contribution < -0.4 is 10.3 Å². The number of hydrogen-bond donors (Lipinski definition) is 1. The maximum atomic E-state index is 12.6. The third-order valence-corrected chi connectivity index (χ3v) is 4.75. The Kier molecular flexibility index (Phi) is 6.21. The van der Waals surface area contributed by atoms with Crippen LogP contribution in [0.4, 0.5) is 0 Å². The number of benzene rings is 2. The molecule has 1 N–H and O–H groups in total. The number of amides is 1. The van der Waals surface area contributed by atoms with Crippen LogP contribution in [0.1, 0.15) is 18.3 Å². The number of carbonyl (C=O) groups excluding carboxylic acids is 1. The number of carbonyl (C=O) groups is 1. The van der Waals surface area contributed by atoms with Gasteiger partial charge in [0.15, 0.2) is 6.61 Å². The molecule has 3 rings (SSSR count). The standard InChI is InChI=1S/C20H19Cl2N3O3/c1-3-25(19(26)11-28-17-7-5-13(21)8-12(17)2)10-18-23-16-9-14(22)4-6-15(16)20(27)24-18/h4-9H,3,10-11H2,1-2H3,(H,23,24,27). The summed E-state index contributed by atoms with van der Waals surface area (Å²) in [5.41, 5.74) is 1.07. The number of nitrogens with zero attached hydrogens (tertiary/aromatic N) is 2. The van der Waals surface area contributed by atoms with Crippen molar-refractivity contribution in [3.63, 3.8) is 0 Å². The van der Waals surface area contributed by atoms with Crippen molar-refractivity contribution in [2.24, 2.45) is 0 Å². The third kappa shape index (κ3) is 4.64. The average Bonchev–Trinajstić information content (AvgIpc) is 2.64. The molecule has 0 saturated carbocycles. The van der Waals surface area contributed by atoms with Gasteiger partial charge in [0.1, 0.15) is 11.6 Å². The second-order valence-corrected chi connectivity index (χ2v) is 7.15. The fourth-order valence-electron chi connectivity index (χ4n) is 2.80. The molecule has 0 saturated heterocycles. The average molecular weight is 420 g/mol. The largest absolute Gasteiger partial charge is 0.483 e. The molecule has 1 heterocycles. The first-order valence-electron chi connectivity index (χ1n) is 8.72. The van der Waals surface area contributed by atoms with Crippen LogP contribution in [0.5, 0.6) is 5.75 Å². The van der Waals surface area contributed by atoms with Gasteiger partial charge in [0.25, 0.3) is 11.5 Å². The highest BCUT2D eigenvalue weighted by Crippen LogP contribution is 2.22. The van der Waals surface area contributed by atoms with Gasteiger partial charge in [-0.25, -0.2) is 4.98 Å². The normalized spacial score (nSPS) is 10.9. The lowest BCUT2D eigenvalue weighted by molar-refractivity contribution is -0.133. The van der Waals surface area contributed by atoms with E-state index in [9.17, 15) is 9.59 Å². The molecule has 0 aliphatic heterocycles. The van der Waals surface area contributed by atoms with Crippen molar-refractivity contribution in [1.82, 2.24) is 14.9 Å². The van der Waals surface area contributed by atoms with Crippen molar-refractivity contribution in [3.05, 3.63) is 68.2 Å². The molecule has 1 amide bonds. The summed E-state index contributed by atoms with van der Waals surface area (Å²) >= 11 is 11.9. The Balaban J connectivity index is 1.73. The Hall–Kier alpha value is -2.57. The fourth-order valence-corrected chi connectivity index (χ4v) is 3.19. The monoisotopic (exact) mass is 419 g/mol. The molecule has 0 fully saturated rings. The summed E-state index contributed by atoms with van der Waals surface area (Å²) in [6.07, 6.45) is 0. The van der Waals surface area contributed by atoms with Crippen LogP contribution in [-0.4, -0.2) is 33.9 Å². The molecule has 0 bridgehead atoms. The molecule has 0 atom stereocenters. The number of aryl methyl sites for hydroxylation is 1. The number of aromatic amines is 1. The summed E-state index contributed by atoms with van der Waals surface area (Å²) in [5.74, 6) is 0.768. The van der Waals surface area contributed by atoms with Crippen LogP contribution in [-0.2, 0) is 11.3 Å². The molecule has 0 unspecified atom stereocenters. The summed E-state index contributed by atoms with van der Waals surface area (Å²) in [7, 11) is 0. The maximum Gasteiger partial charge on any atom is 0.260 e. The van der Waals surface area contributed by atoms with E-state index in [1.807, 2.05) is 13.8 Å². The first-order chi connectivity index (χ1) is 13.4. The molecule has 146 valence electrons. The molecule has 28 heavy (non-hydrogen) atoms. The van der Waals surface area contributed by atoms with E-state index in [4.69, 9.17) is 27.9 Å². The van der Waals surface area contributed by atoms with Gasteiger partial charge in [-0.1, -0.05) is 23.2 Å². The minimum absolute atomic E-state index is 0.125. The SMILES string of the molecule is CCN(Cc1nc2cc(Cl)ccc2c(=O)[nH]1)C(=O)COc1ccc(Cl)cc1C. The van der Waals surface area contributed by atoms with E-state index in [0.29, 0.717) is 39.1 Å². The van der Waals surface area contributed by atoms with E-state index >= 15 is 0 Å². The number of aromatic nitrogens is 2. The van der Waals surface area contributed by atoms with Crippen LogP contribution in [0.2, 0.25) is 10.0 Å². The molecule has 0 aliphatic carbocycles. The number of likely N-dealkylation sites (N-methyl/N-ethyl adjacent to an activating group) is 1. The third-order valence-electron chi connectivity index (χ3n) is 4.28. The van der Waals surface area contributed by atoms with Gasteiger partial charge in [0.05, 0.1) is 17.4 Å². The Bertz CT molecular complexity index is 1080. The number of halogens is 2. The lowest BCUT2D eigenvalue weighted by Crippen LogP contribution is -2.35. The first-order valence-corrected chi connectivity index (χ1v) is 9.48. The summed E-state index contributed by atoms with van der Waals surface area (Å²) in [6.45, 7) is 4.19. The minimum Gasteiger partial charge on any atom is -0.483 e. The van der Waals surface area contributed by atoms with Gasteiger partial charge in [0.2, 0.25) is 0 Å². The van der Waals surface area contributed by atoms with Gasteiger partial charge in [0, 0.05) is 16.6 Å². The molecular formula is C20H19Cl2N3O3. The van der Waals surface area contributed by atoms with Crippen molar-refractivity contribution >= 4 is 40.0 Å². The summed E-state index contributed by atoms with van der Waals surface area (Å²) in [5, 5.41) is 1.55. The fraction of sp³-hybridized carbons (Fsp3) is 0.250. The number of H-pyrrole nitrogens is 1. The van der Waals surface area contributed by atoms with Gasteiger partial charge in [-0.15, -0.1) is 0 Å². The highest BCUT2D eigenvalue weighted by atomic mass is 35.5. The molecule has 0 aliphatic rings. The molecule has 0 spiro atoms. The summed E-state index contributed by atoms with van der Waals surface area (Å²) in [4.78, 5) is 33.5. The molecular weight excluding hydrogens is 401 g/mol. The van der Waals surface area contributed by atoms with Gasteiger partial charge < -0.3 is 14.6 Å². The smallest absolute Gasteiger partial charge is 0.260 e. The van der Waals surface area contributed by atoms with Gasteiger partial charge in [-0.2, -0.15) is 0 Å². The van der Waals surface area contributed by atoms with Crippen LogP contribution in [0.3, 0.4) is 0 Å². The summed E-state index contributed by atoms with van der Waals surface area (Å²) in [6, 6.07) is 10.1. The minimum atomic E-state index is -0.270. The van der Waals surface area contributed by atoms with E-state index in [2.05, 4.69) is 9.97 Å². The lowest BCUT2D eigenvalue weighted by Gasteiger charge is -2.21. The predicted molar refractivity (Wildman–Crippen MR) is 110 cm³/mol. The number of ether oxygens (including phenoxy) is 1.